The highest BCUT2D eigenvalue weighted by Gasteiger charge is 2.61. The fraction of sp³-hybridized carbons (Fsp3) is 0.778. The third kappa shape index (κ3) is 6.38. The van der Waals surface area contributed by atoms with Crippen molar-refractivity contribution in [1.82, 2.24) is 4.90 Å². The number of hydrogen-bond donors (Lipinski definition) is 0. The van der Waals surface area contributed by atoms with Crippen molar-refractivity contribution < 1.29 is 18.8 Å². The quantitative estimate of drug-likeness (QED) is 0.0837. The fourth-order valence-electron chi connectivity index (χ4n) is 4.67. The number of nitrogens with zero attached hydrogens (tertiary/aromatic N) is 1. The van der Waals surface area contributed by atoms with E-state index in [1.165, 1.54) is 32.1 Å². The van der Waals surface area contributed by atoms with Gasteiger partial charge in [-0.3, -0.25) is 4.79 Å². The number of unbranched alkanes of at least 4 members (excludes halogenated alkanes) is 5. The van der Waals surface area contributed by atoms with E-state index in [9.17, 15) is 9.59 Å². The van der Waals surface area contributed by atoms with E-state index < -0.39 is 14.3 Å². The topological polar surface area (TPSA) is 55.8 Å². The summed E-state index contributed by atoms with van der Waals surface area (Å²) >= 11 is 1.73. The molecule has 2 aliphatic heterocycles. The van der Waals surface area contributed by atoms with Crippen LogP contribution in [-0.2, 0) is 18.8 Å². The molecule has 194 valence electrons. The zero-order valence-electron chi connectivity index (χ0n) is 22.7. The Balaban J connectivity index is 2.15. The third-order valence-electron chi connectivity index (χ3n) is 7.66. The first-order chi connectivity index (χ1) is 15.9. The number of hydrogen-bond acceptors (Lipinski definition) is 5. The van der Waals surface area contributed by atoms with Crippen LogP contribution in [0.5, 0.6) is 0 Å². The third-order valence-corrected chi connectivity index (χ3v) is 13.6. The molecule has 0 bridgehead atoms. The Hall–Kier alpha value is -1.05. The van der Waals surface area contributed by atoms with E-state index in [4.69, 9.17) is 9.16 Å². The molecule has 2 heterocycles. The van der Waals surface area contributed by atoms with Gasteiger partial charge in [0.2, 0.25) is 5.91 Å². The van der Waals surface area contributed by atoms with Crippen molar-refractivity contribution in [3.8, 4) is 0 Å². The van der Waals surface area contributed by atoms with Crippen LogP contribution >= 0.6 is 11.8 Å². The molecule has 0 radical (unpaired) electrons. The Kier molecular flexibility index (Phi) is 10.5. The van der Waals surface area contributed by atoms with Gasteiger partial charge in [0.05, 0.1) is 18.1 Å². The number of carbonyl (C=O) groups is 2. The van der Waals surface area contributed by atoms with Crippen LogP contribution in [0.2, 0.25) is 18.1 Å². The van der Waals surface area contributed by atoms with Crippen LogP contribution in [0.3, 0.4) is 0 Å². The van der Waals surface area contributed by atoms with Crippen molar-refractivity contribution >= 4 is 32.0 Å². The summed E-state index contributed by atoms with van der Waals surface area (Å²) in [6, 6.07) is -0.0365. The van der Waals surface area contributed by atoms with E-state index in [-0.39, 0.29) is 41.5 Å². The molecule has 0 spiro atoms. The van der Waals surface area contributed by atoms with Crippen molar-refractivity contribution in [2.75, 3.05) is 12.4 Å². The minimum atomic E-state index is -2.01. The second kappa shape index (κ2) is 12.3. The van der Waals surface area contributed by atoms with Crippen LogP contribution in [0.25, 0.3) is 0 Å². The molecule has 0 aromatic carbocycles. The predicted octanol–water partition coefficient (Wildman–Crippen LogP) is 6.91. The molecule has 1 saturated heterocycles. The molecule has 0 N–H and O–H groups in total. The van der Waals surface area contributed by atoms with Crippen LogP contribution in [0.4, 0.5) is 0 Å². The minimum absolute atomic E-state index is 0.0104. The molecular formula is C27H47NO4SSi. The monoisotopic (exact) mass is 509 g/mol. The smallest absolute Gasteiger partial charge is 0.356 e. The number of amides is 1. The maximum atomic E-state index is 13.4. The number of β-lactam (4-membered cyclic amide) rings is 1. The summed E-state index contributed by atoms with van der Waals surface area (Å²) in [5.41, 5.74) is 0.455. The normalized spacial score (nSPS) is 23.6. The average molecular weight is 510 g/mol. The summed E-state index contributed by atoms with van der Waals surface area (Å²) < 4.78 is 12.0. The van der Waals surface area contributed by atoms with E-state index in [2.05, 4.69) is 54.3 Å². The molecular weight excluding hydrogens is 462 g/mol. The highest BCUT2D eigenvalue weighted by molar-refractivity contribution is 8.03. The van der Waals surface area contributed by atoms with Gasteiger partial charge in [-0.2, -0.15) is 0 Å². The number of thioether (sulfide) groups is 1. The Morgan fingerprint density at radius 1 is 1.21 bits per heavy atom. The number of carbonyl (C=O) groups excluding carboxylic acids is 2. The minimum Gasteiger partial charge on any atom is -0.457 e. The second-order valence-electron chi connectivity index (χ2n) is 11.3. The lowest BCUT2D eigenvalue weighted by Crippen LogP contribution is -2.65. The van der Waals surface area contributed by atoms with Gasteiger partial charge in [0.25, 0.3) is 0 Å². The first-order valence-electron chi connectivity index (χ1n) is 13.0. The molecule has 7 heteroatoms. The van der Waals surface area contributed by atoms with Crippen molar-refractivity contribution in [2.45, 2.75) is 110 Å². The van der Waals surface area contributed by atoms with E-state index >= 15 is 0 Å². The summed E-state index contributed by atoms with van der Waals surface area (Å²) in [6.45, 7) is 21.3. The van der Waals surface area contributed by atoms with Gasteiger partial charge in [-0.15, -0.1) is 11.8 Å². The Labute approximate surface area is 213 Å². The van der Waals surface area contributed by atoms with Gasteiger partial charge < -0.3 is 14.1 Å². The van der Waals surface area contributed by atoms with Crippen molar-refractivity contribution in [3.63, 3.8) is 0 Å². The molecule has 1 fully saturated rings. The fourth-order valence-corrected chi connectivity index (χ4v) is 7.39. The predicted molar refractivity (Wildman–Crippen MR) is 145 cm³/mol. The van der Waals surface area contributed by atoms with Crippen LogP contribution in [0.1, 0.15) is 80.1 Å². The van der Waals surface area contributed by atoms with Crippen molar-refractivity contribution in [3.05, 3.63) is 23.3 Å². The number of esters is 1. The van der Waals surface area contributed by atoms with Gasteiger partial charge in [0.15, 0.2) is 8.32 Å². The molecule has 4 atom stereocenters. The maximum absolute atomic E-state index is 13.4. The summed E-state index contributed by atoms with van der Waals surface area (Å²) in [7, 11) is -2.01. The molecule has 0 aromatic heterocycles. The molecule has 0 aliphatic carbocycles. The van der Waals surface area contributed by atoms with Crippen LogP contribution in [0, 0.1) is 11.8 Å². The number of ether oxygens (including phenoxy) is 1. The number of rotatable bonds is 14. The molecule has 2 aliphatic rings. The van der Waals surface area contributed by atoms with E-state index in [1.54, 1.807) is 22.7 Å². The van der Waals surface area contributed by atoms with Gasteiger partial charge in [-0.1, -0.05) is 79.4 Å². The Morgan fingerprint density at radius 3 is 2.41 bits per heavy atom. The molecule has 34 heavy (non-hydrogen) atoms. The van der Waals surface area contributed by atoms with E-state index in [0.717, 1.165) is 17.1 Å². The lowest BCUT2D eigenvalue weighted by atomic mass is 9.79. The van der Waals surface area contributed by atoms with Gasteiger partial charge in [0, 0.05) is 10.8 Å². The highest BCUT2D eigenvalue weighted by atomic mass is 32.2. The van der Waals surface area contributed by atoms with Crippen molar-refractivity contribution in [1.29, 1.82) is 0 Å². The second-order valence-corrected chi connectivity index (χ2v) is 17.2. The lowest BCUT2D eigenvalue weighted by Gasteiger charge is -2.50. The summed E-state index contributed by atoms with van der Waals surface area (Å²) in [5, 5.41) is 0.0745. The Bertz CT molecular complexity index is 773. The summed E-state index contributed by atoms with van der Waals surface area (Å²) in [4.78, 5) is 29.1. The lowest BCUT2D eigenvalue weighted by molar-refractivity contribution is -0.163. The first kappa shape index (κ1) is 29.2. The van der Waals surface area contributed by atoms with Gasteiger partial charge in [-0.25, -0.2) is 4.79 Å². The van der Waals surface area contributed by atoms with Crippen molar-refractivity contribution in [2.24, 2.45) is 11.8 Å². The van der Waals surface area contributed by atoms with E-state index in [1.807, 2.05) is 6.92 Å². The Morgan fingerprint density at radius 2 is 1.82 bits per heavy atom. The van der Waals surface area contributed by atoms with Crippen LogP contribution in [0.15, 0.2) is 23.3 Å². The zero-order chi connectivity index (χ0) is 25.7. The molecule has 0 unspecified atom stereocenters. The van der Waals surface area contributed by atoms with Crippen LogP contribution in [-0.4, -0.2) is 49.6 Å². The van der Waals surface area contributed by atoms with Crippen LogP contribution < -0.4 is 0 Å². The molecule has 1 amide bonds. The summed E-state index contributed by atoms with van der Waals surface area (Å²) in [6.07, 6.45) is 8.80. The van der Waals surface area contributed by atoms with Gasteiger partial charge in [-0.05, 0) is 37.2 Å². The first-order valence-corrected chi connectivity index (χ1v) is 16.9. The summed E-state index contributed by atoms with van der Waals surface area (Å²) in [5.74, 6) is 0.413. The maximum Gasteiger partial charge on any atom is 0.356 e. The molecule has 5 nitrogen and oxygen atoms in total. The molecule has 2 rings (SSSR count). The standard InChI is InChI=1S/C27H47NO4SSi/c1-10-12-13-14-15-16-18-33-24-19(3)22-21(20(4)32-34(8,9)27(5,6)7)25(29)28(22)23(24)26(30)31-17-11-2/h11,19-22H,2,10,12-18H2,1,3-9H3/t19-,20-,21-,22-/m1/s1. The number of fused-ring (bicyclic) bond motifs is 1. The molecule has 0 saturated carbocycles. The average Bonchev–Trinajstić information content (AvgIpc) is 2.98. The van der Waals surface area contributed by atoms with Gasteiger partial charge in [0.1, 0.15) is 12.3 Å². The SMILES string of the molecule is C=CCOC(=O)C1=C(SCCCCCCCC)[C@H](C)[C@@H]2[C@@H]([C@@H](C)O[Si](C)(C)C(C)(C)C)C(=O)N12. The molecule has 0 aromatic rings. The van der Waals surface area contributed by atoms with Gasteiger partial charge >= 0.3 is 5.97 Å². The zero-order valence-corrected chi connectivity index (χ0v) is 24.6. The highest BCUT2D eigenvalue weighted by Crippen LogP contribution is 2.52. The van der Waals surface area contributed by atoms with E-state index in [0.29, 0.717) is 5.70 Å². The largest absolute Gasteiger partial charge is 0.457 e.